The predicted molar refractivity (Wildman–Crippen MR) is 76.7 cm³/mol. The van der Waals surface area contributed by atoms with Gasteiger partial charge in [-0.3, -0.25) is 4.79 Å². The highest BCUT2D eigenvalue weighted by Gasteiger charge is 2.41. The van der Waals surface area contributed by atoms with E-state index in [9.17, 15) is 13.2 Å². The predicted octanol–water partition coefficient (Wildman–Crippen LogP) is 1.10. The maximum atomic E-state index is 12.1. The van der Waals surface area contributed by atoms with Crippen molar-refractivity contribution in [2.75, 3.05) is 0 Å². The van der Waals surface area contributed by atoms with Crippen LogP contribution in [0.1, 0.15) is 25.0 Å². The molecule has 0 saturated heterocycles. The van der Waals surface area contributed by atoms with E-state index in [0.717, 1.165) is 0 Å². The topological polar surface area (TPSA) is 97.5 Å². The van der Waals surface area contributed by atoms with Crippen LogP contribution in [0.3, 0.4) is 0 Å². The van der Waals surface area contributed by atoms with Crippen LogP contribution in [0.5, 0.6) is 0 Å². The molecule has 1 aromatic carbocycles. The summed E-state index contributed by atoms with van der Waals surface area (Å²) in [6, 6.07) is 6.37. The Labute approximate surface area is 117 Å². The zero-order valence-corrected chi connectivity index (χ0v) is 12.2. The molecule has 0 amide bonds. The monoisotopic (exact) mass is 301 g/mol. The number of nitrogens with two attached hydrogens (primary N) is 1. The van der Waals surface area contributed by atoms with E-state index in [0.29, 0.717) is 11.1 Å². The van der Waals surface area contributed by atoms with Crippen LogP contribution in [-0.2, 0) is 20.4 Å². The summed E-state index contributed by atoms with van der Waals surface area (Å²) in [5.74, 6) is -1.71. The Bertz CT molecular complexity index is 603. The zero-order valence-electron chi connectivity index (χ0n) is 10.6. The minimum Gasteiger partial charge on any atom is -0.480 e. The molecule has 1 aromatic rings. The molecule has 0 heterocycles. The van der Waals surface area contributed by atoms with E-state index in [2.05, 4.69) is 0 Å². The number of carboxylic acid groups (broad SMARTS) is 1. The van der Waals surface area contributed by atoms with Crippen LogP contribution in [0.2, 0.25) is 0 Å². The van der Waals surface area contributed by atoms with Crippen molar-refractivity contribution in [1.82, 2.24) is 0 Å². The Hall–Kier alpha value is -1.47. The summed E-state index contributed by atoms with van der Waals surface area (Å²) in [6.45, 7) is 2.35. The average Bonchev–Trinajstić information content (AvgIpc) is 2.28. The van der Waals surface area contributed by atoms with Crippen molar-refractivity contribution in [2.45, 2.75) is 24.3 Å². The van der Waals surface area contributed by atoms with E-state index >= 15 is 0 Å². The smallest absolute Gasteiger partial charge is 0.324 e. The van der Waals surface area contributed by atoms with Gasteiger partial charge in [-0.2, -0.15) is 0 Å². The lowest BCUT2D eigenvalue weighted by atomic mass is 10.1. The Kier molecular flexibility index (Phi) is 4.32. The Balaban J connectivity index is 3.03. The van der Waals surface area contributed by atoms with E-state index in [1.165, 1.54) is 13.8 Å². The number of carboxylic acids is 1. The van der Waals surface area contributed by atoms with Crippen molar-refractivity contribution in [3.05, 3.63) is 35.4 Å². The number of thiocarbonyl (C=S) groups is 1. The molecule has 0 aliphatic rings. The molecule has 0 radical (unpaired) electrons. The molecule has 7 heteroatoms. The fourth-order valence-electron chi connectivity index (χ4n) is 1.30. The minimum atomic E-state index is -3.81. The zero-order chi connectivity index (χ0) is 14.8. The van der Waals surface area contributed by atoms with E-state index in [4.69, 9.17) is 23.1 Å². The molecular weight excluding hydrogens is 286 g/mol. The summed E-state index contributed by atoms with van der Waals surface area (Å²) < 4.78 is 22.3. The minimum absolute atomic E-state index is 0.222. The molecular formula is C12H15NO4S2. The SMILES string of the molecule is CC(C)(C(=O)O)S(=O)(=O)Cc1ccc(C(N)=S)cc1. The molecule has 104 valence electrons. The van der Waals surface area contributed by atoms with Crippen molar-refractivity contribution in [3.63, 3.8) is 0 Å². The molecule has 3 N–H and O–H groups in total. The molecule has 5 nitrogen and oxygen atoms in total. The van der Waals surface area contributed by atoms with Gasteiger partial charge in [0.25, 0.3) is 0 Å². The fraction of sp³-hybridized carbons (Fsp3) is 0.333. The summed E-state index contributed by atoms with van der Waals surface area (Å²) in [7, 11) is -3.81. The summed E-state index contributed by atoms with van der Waals surface area (Å²) in [6.07, 6.45) is 0. The van der Waals surface area contributed by atoms with Crippen LogP contribution in [0.4, 0.5) is 0 Å². The second-order valence-corrected chi connectivity index (χ2v) is 7.61. The van der Waals surface area contributed by atoms with Gasteiger partial charge in [-0.05, 0) is 19.4 Å². The summed E-state index contributed by atoms with van der Waals surface area (Å²) in [5, 5.41) is 8.96. The van der Waals surface area contributed by atoms with Crippen molar-refractivity contribution in [2.24, 2.45) is 5.73 Å². The number of aliphatic carboxylic acids is 1. The third-order valence-electron chi connectivity index (χ3n) is 2.89. The average molecular weight is 301 g/mol. The molecule has 0 aliphatic carbocycles. The van der Waals surface area contributed by atoms with Crippen molar-refractivity contribution < 1.29 is 18.3 Å². The van der Waals surface area contributed by atoms with E-state index in [-0.39, 0.29) is 10.7 Å². The van der Waals surface area contributed by atoms with Crippen LogP contribution < -0.4 is 5.73 Å². The van der Waals surface area contributed by atoms with Crippen LogP contribution in [0.25, 0.3) is 0 Å². The van der Waals surface area contributed by atoms with Crippen LogP contribution in [0.15, 0.2) is 24.3 Å². The number of sulfone groups is 1. The van der Waals surface area contributed by atoms with Gasteiger partial charge in [0.2, 0.25) is 0 Å². The normalized spacial score (nSPS) is 12.1. The number of hydrogen-bond donors (Lipinski definition) is 2. The molecule has 0 unspecified atom stereocenters. The molecule has 0 saturated carbocycles. The van der Waals surface area contributed by atoms with Crippen molar-refractivity contribution in [3.8, 4) is 0 Å². The second-order valence-electron chi connectivity index (χ2n) is 4.64. The van der Waals surface area contributed by atoms with Gasteiger partial charge in [0.1, 0.15) is 4.99 Å². The van der Waals surface area contributed by atoms with Crippen molar-refractivity contribution in [1.29, 1.82) is 0 Å². The summed E-state index contributed by atoms with van der Waals surface area (Å²) in [5.41, 5.74) is 6.56. The third-order valence-corrected chi connectivity index (χ3v) is 5.57. The number of rotatable bonds is 5. The second kappa shape index (κ2) is 5.26. The Morgan fingerprint density at radius 1 is 1.32 bits per heavy atom. The van der Waals surface area contributed by atoms with E-state index in [1.54, 1.807) is 24.3 Å². The molecule has 0 aliphatic heterocycles. The molecule has 0 atom stereocenters. The van der Waals surface area contributed by atoms with Crippen LogP contribution in [0, 0.1) is 0 Å². The molecule has 1 rings (SSSR count). The lowest BCUT2D eigenvalue weighted by molar-refractivity contribution is -0.139. The van der Waals surface area contributed by atoms with Gasteiger partial charge in [0.15, 0.2) is 14.6 Å². The molecule has 0 fully saturated rings. The van der Waals surface area contributed by atoms with Gasteiger partial charge >= 0.3 is 5.97 Å². The lowest BCUT2D eigenvalue weighted by Gasteiger charge is -2.19. The third kappa shape index (κ3) is 3.30. The van der Waals surface area contributed by atoms with Gasteiger partial charge in [-0.1, -0.05) is 36.5 Å². The van der Waals surface area contributed by atoms with Gasteiger partial charge in [0, 0.05) is 5.56 Å². The molecule has 0 aromatic heterocycles. The summed E-state index contributed by atoms with van der Waals surface area (Å²) >= 11 is 4.79. The lowest BCUT2D eigenvalue weighted by Crippen LogP contribution is -2.41. The first-order valence-corrected chi connectivity index (χ1v) is 7.48. The van der Waals surface area contributed by atoms with Gasteiger partial charge < -0.3 is 10.8 Å². The van der Waals surface area contributed by atoms with E-state index < -0.39 is 20.6 Å². The number of hydrogen-bond acceptors (Lipinski definition) is 4. The van der Waals surface area contributed by atoms with Gasteiger partial charge in [0.05, 0.1) is 5.75 Å². The van der Waals surface area contributed by atoms with Gasteiger partial charge in [-0.15, -0.1) is 0 Å². The van der Waals surface area contributed by atoms with Crippen LogP contribution >= 0.6 is 12.2 Å². The van der Waals surface area contributed by atoms with E-state index in [1.807, 2.05) is 0 Å². The first kappa shape index (κ1) is 15.6. The standard InChI is InChI=1S/C12H15NO4S2/c1-12(2,11(14)15)19(16,17)7-8-3-5-9(6-4-8)10(13)18/h3-6H,7H2,1-2H3,(H2,13,18)(H,14,15). The first-order valence-electron chi connectivity index (χ1n) is 5.42. The highest BCUT2D eigenvalue weighted by atomic mass is 32.2. The van der Waals surface area contributed by atoms with Gasteiger partial charge in [-0.25, -0.2) is 8.42 Å². The molecule has 0 spiro atoms. The Morgan fingerprint density at radius 2 is 1.79 bits per heavy atom. The van der Waals surface area contributed by atoms with Crippen LogP contribution in [-0.4, -0.2) is 29.2 Å². The summed E-state index contributed by atoms with van der Waals surface area (Å²) in [4.78, 5) is 11.2. The van der Waals surface area contributed by atoms with Crippen molar-refractivity contribution >= 4 is 33.0 Å². The fourth-order valence-corrected chi connectivity index (χ4v) is 2.69. The number of carbonyl (C=O) groups is 1. The maximum Gasteiger partial charge on any atom is 0.324 e. The maximum absolute atomic E-state index is 12.1. The first-order chi connectivity index (χ1) is 8.58. The number of benzene rings is 1. The largest absolute Gasteiger partial charge is 0.480 e. The highest BCUT2D eigenvalue weighted by molar-refractivity contribution is 7.92. The highest BCUT2D eigenvalue weighted by Crippen LogP contribution is 2.22. The quantitative estimate of drug-likeness (QED) is 0.790. The Morgan fingerprint density at radius 3 is 2.16 bits per heavy atom. The molecule has 19 heavy (non-hydrogen) atoms. The molecule has 0 bridgehead atoms.